The molecule has 0 unspecified atom stereocenters. The van der Waals surface area contributed by atoms with Gasteiger partial charge in [-0.05, 0) is 87.7 Å². The molecule has 2 N–H and O–H groups in total. The van der Waals surface area contributed by atoms with Crippen LogP contribution in [0.1, 0.15) is 22.3 Å². The van der Waals surface area contributed by atoms with Crippen LogP contribution in [-0.4, -0.2) is 18.1 Å². The number of aryl methyl sites for hydroxylation is 1. The van der Waals surface area contributed by atoms with Crippen molar-refractivity contribution in [1.82, 2.24) is 0 Å². The van der Waals surface area contributed by atoms with E-state index < -0.39 is 10.1 Å². The SMILES string of the molecule is Cc1cc2c(c(-c3ccc(O)c4ccccc34)c1C)Cc1ccccc1-2.O=S(=O)(O)c1cccc2ccccc12. The molecule has 0 fully saturated rings. The maximum atomic E-state index is 11.0. The number of rotatable bonds is 2. The van der Waals surface area contributed by atoms with E-state index in [0.29, 0.717) is 11.1 Å². The number of fused-ring (bicyclic) bond motifs is 5. The topological polar surface area (TPSA) is 74.6 Å². The van der Waals surface area contributed by atoms with Crippen LogP contribution >= 0.6 is 0 Å². The van der Waals surface area contributed by atoms with Crippen molar-refractivity contribution in [2.45, 2.75) is 25.2 Å². The third-order valence-electron chi connectivity index (χ3n) is 7.83. The van der Waals surface area contributed by atoms with E-state index in [0.717, 1.165) is 22.6 Å². The number of phenols is 1. The molecule has 5 heteroatoms. The van der Waals surface area contributed by atoms with Gasteiger partial charge in [0.1, 0.15) is 10.6 Å². The lowest BCUT2D eigenvalue weighted by molar-refractivity contribution is 0.481. The molecule has 0 aliphatic heterocycles. The minimum Gasteiger partial charge on any atom is -0.507 e. The highest BCUT2D eigenvalue weighted by Gasteiger charge is 2.25. The van der Waals surface area contributed by atoms with Crippen LogP contribution in [0.3, 0.4) is 0 Å². The largest absolute Gasteiger partial charge is 0.507 e. The third kappa shape index (κ3) is 4.43. The van der Waals surface area contributed by atoms with Crippen LogP contribution in [0, 0.1) is 13.8 Å². The van der Waals surface area contributed by atoms with E-state index in [9.17, 15) is 13.5 Å². The maximum Gasteiger partial charge on any atom is 0.295 e. The summed E-state index contributed by atoms with van der Waals surface area (Å²) in [6.07, 6.45) is 0.969. The van der Waals surface area contributed by atoms with Crippen molar-refractivity contribution in [3.05, 3.63) is 131 Å². The van der Waals surface area contributed by atoms with E-state index in [1.54, 1.807) is 30.3 Å². The standard InChI is InChI=1S/C25H20O.C10H8O3S/c1-15-13-22-18-8-4-3-7-17(18)14-23(22)25(16(15)2)21-11-12-24(26)20-10-6-5-9-19(20)21;11-14(12,13)10-7-3-5-8-4-1-2-6-9(8)10/h3-13,26H,14H2,1-2H3;1-7H,(H,11,12,13). The molecule has 6 aromatic rings. The summed E-state index contributed by atoms with van der Waals surface area (Å²) in [5, 5.41) is 13.7. The molecule has 7 rings (SSSR count). The minimum absolute atomic E-state index is 0.0457. The van der Waals surface area contributed by atoms with E-state index in [4.69, 9.17) is 4.55 Å². The lowest BCUT2D eigenvalue weighted by Gasteiger charge is -2.18. The predicted octanol–water partition coefficient (Wildman–Crippen LogP) is 8.49. The Morgan fingerprint density at radius 3 is 2.08 bits per heavy atom. The Hall–Kier alpha value is -4.45. The maximum absolute atomic E-state index is 11.0. The molecule has 0 atom stereocenters. The normalized spacial score (nSPS) is 12.1. The predicted molar refractivity (Wildman–Crippen MR) is 163 cm³/mol. The highest BCUT2D eigenvalue weighted by Crippen LogP contribution is 2.46. The monoisotopic (exact) mass is 544 g/mol. The zero-order valence-electron chi connectivity index (χ0n) is 22.2. The lowest BCUT2D eigenvalue weighted by atomic mass is 9.86. The van der Waals surface area contributed by atoms with Gasteiger partial charge in [0.25, 0.3) is 10.1 Å². The highest BCUT2D eigenvalue weighted by molar-refractivity contribution is 7.86. The van der Waals surface area contributed by atoms with Gasteiger partial charge in [-0.2, -0.15) is 8.42 Å². The molecule has 0 amide bonds. The van der Waals surface area contributed by atoms with E-state index in [2.05, 4.69) is 56.3 Å². The Morgan fingerprint density at radius 1 is 0.650 bits per heavy atom. The molecule has 0 saturated heterocycles. The number of hydrogen-bond donors (Lipinski definition) is 2. The summed E-state index contributed by atoms with van der Waals surface area (Å²) in [7, 11) is -4.13. The molecule has 1 aliphatic rings. The van der Waals surface area contributed by atoms with Crippen LogP contribution in [0.5, 0.6) is 5.75 Å². The molecule has 0 aromatic heterocycles. The van der Waals surface area contributed by atoms with Crippen molar-refractivity contribution in [3.63, 3.8) is 0 Å². The minimum atomic E-state index is -4.13. The van der Waals surface area contributed by atoms with Gasteiger partial charge in [-0.3, -0.25) is 4.55 Å². The summed E-state index contributed by atoms with van der Waals surface area (Å²) in [5.74, 6) is 0.342. The fourth-order valence-corrected chi connectivity index (χ4v) is 6.52. The molecule has 1 aliphatic carbocycles. The highest BCUT2D eigenvalue weighted by atomic mass is 32.2. The number of aromatic hydroxyl groups is 1. The molecular weight excluding hydrogens is 516 g/mol. The summed E-state index contributed by atoms with van der Waals surface area (Å²) < 4.78 is 31.0. The molecule has 6 aromatic carbocycles. The first-order valence-electron chi connectivity index (χ1n) is 13.1. The second-order valence-corrected chi connectivity index (χ2v) is 11.6. The van der Waals surface area contributed by atoms with Crippen molar-refractivity contribution in [1.29, 1.82) is 0 Å². The number of phenolic OH excluding ortho intramolecular Hbond substituents is 1. The van der Waals surface area contributed by atoms with Crippen LogP contribution in [0.15, 0.2) is 114 Å². The number of hydrogen-bond acceptors (Lipinski definition) is 3. The molecule has 0 saturated carbocycles. The van der Waals surface area contributed by atoms with Crippen LogP contribution in [0.25, 0.3) is 43.8 Å². The Labute approximate surface area is 233 Å². The molecule has 0 heterocycles. The van der Waals surface area contributed by atoms with E-state index in [-0.39, 0.29) is 4.90 Å². The van der Waals surface area contributed by atoms with Crippen molar-refractivity contribution < 1.29 is 18.1 Å². The third-order valence-corrected chi connectivity index (χ3v) is 8.74. The fraction of sp³-hybridized carbons (Fsp3) is 0.0857. The zero-order valence-corrected chi connectivity index (χ0v) is 23.0. The first kappa shape index (κ1) is 25.8. The first-order chi connectivity index (χ1) is 19.2. The van der Waals surface area contributed by atoms with Gasteiger partial charge in [0.05, 0.1) is 0 Å². The zero-order chi connectivity index (χ0) is 28.0. The van der Waals surface area contributed by atoms with Gasteiger partial charge in [0.15, 0.2) is 0 Å². The van der Waals surface area contributed by atoms with Gasteiger partial charge >= 0.3 is 0 Å². The molecule has 0 radical (unpaired) electrons. The summed E-state index contributed by atoms with van der Waals surface area (Å²) in [6, 6.07) is 34.9. The lowest BCUT2D eigenvalue weighted by Crippen LogP contribution is -1.98. The van der Waals surface area contributed by atoms with Gasteiger partial charge in [-0.1, -0.05) is 97.1 Å². The summed E-state index contributed by atoms with van der Waals surface area (Å²) >= 11 is 0. The Morgan fingerprint density at radius 2 is 1.30 bits per heavy atom. The van der Waals surface area contributed by atoms with Crippen molar-refractivity contribution >= 4 is 31.7 Å². The van der Waals surface area contributed by atoms with E-state index in [1.165, 1.54) is 50.6 Å². The Balaban J connectivity index is 0.000000175. The summed E-state index contributed by atoms with van der Waals surface area (Å²) in [6.45, 7) is 4.41. The average Bonchev–Trinajstić information content (AvgIpc) is 3.32. The van der Waals surface area contributed by atoms with Crippen LogP contribution in [-0.2, 0) is 16.5 Å². The Bertz CT molecular complexity index is 2040. The first-order valence-corrected chi connectivity index (χ1v) is 14.6. The molecule has 40 heavy (non-hydrogen) atoms. The molecule has 4 nitrogen and oxygen atoms in total. The van der Waals surface area contributed by atoms with E-state index >= 15 is 0 Å². The molecular formula is C35H28O4S. The quantitative estimate of drug-likeness (QED) is 0.214. The fourth-order valence-electron chi connectivity index (χ4n) is 5.81. The summed E-state index contributed by atoms with van der Waals surface area (Å²) in [5.41, 5.74) is 10.7. The van der Waals surface area contributed by atoms with Gasteiger partial charge < -0.3 is 5.11 Å². The van der Waals surface area contributed by atoms with Crippen LogP contribution < -0.4 is 0 Å². The second kappa shape index (κ2) is 9.94. The van der Waals surface area contributed by atoms with Crippen molar-refractivity contribution in [2.24, 2.45) is 0 Å². The van der Waals surface area contributed by atoms with Gasteiger partial charge in [-0.25, -0.2) is 0 Å². The van der Waals surface area contributed by atoms with Crippen LogP contribution in [0.4, 0.5) is 0 Å². The number of benzene rings is 6. The molecule has 0 spiro atoms. The van der Waals surface area contributed by atoms with Gasteiger partial charge in [0, 0.05) is 10.8 Å². The average molecular weight is 545 g/mol. The van der Waals surface area contributed by atoms with Gasteiger partial charge in [0.2, 0.25) is 0 Å². The smallest absolute Gasteiger partial charge is 0.295 e. The Kier molecular flexibility index (Phi) is 6.41. The van der Waals surface area contributed by atoms with E-state index in [1.807, 2.05) is 30.3 Å². The molecule has 198 valence electrons. The van der Waals surface area contributed by atoms with Gasteiger partial charge in [-0.15, -0.1) is 0 Å². The van der Waals surface area contributed by atoms with Crippen LogP contribution in [0.2, 0.25) is 0 Å². The molecule has 0 bridgehead atoms. The second-order valence-electron chi connectivity index (χ2n) is 10.2. The van der Waals surface area contributed by atoms with Crippen molar-refractivity contribution in [2.75, 3.05) is 0 Å². The van der Waals surface area contributed by atoms with Crippen molar-refractivity contribution in [3.8, 4) is 28.0 Å². The summed E-state index contributed by atoms with van der Waals surface area (Å²) in [4.78, 5) is -0.0457.